The Bertz CT molecular complexity index is 463. The monoisotopic (exact) mass is 282 g/mol. The van der Waals surface area contributed by atoms with Crippen molar-refractivity contribution >= 4 is 17.7 Å². The number of fused-ring (bicyclic) bond motifs is 1. The van der Waals surface area contributed by atoms with Crippen LogP contribution < -0.4 is 11.1 Å². The third-order valence-corrected chi connectivity index (χ3v) is 4.60. The molecule has 3 nitrogen and oxygen atoms in total. The fourth-order valence-corrected chi connectivity index (χ4v) is 3.37. The van der Waals surface area contributed by atoms with Crippen LogP contribution in [0, 0.1) is 11.7 Å². The lowest BCUT2D eigenvalue weighted by Crippen LogP contribution is -2.38. The topological polar surface area (TPSA) is 55.1 Å². The first-order valence-electron chi connectivity index (χ1n) is 6.58. The van der Waals surface area contributed by atoms with Gasteiger partial charge in [0.1, 0.15) is 5.82 Å². The molecule has 1 aromatic carbocycles. The predicted molar refractivity (Wildman–Crippen MR) is 75.5 cm³/mol. The molecule has 0 radical (unpaired) electrons. The van der Waals surface area contributed by atoms with Gasteiger partial charge in [-0.25, -0.2) is 4.39 Å². The number of benzene rings is 1. The number of rotatable bonds is 4. The van der Waals surface area contributed by atoms with Gasteiger partial charge < -0.3 is 11.1 Å². The molecule has 2 atom stereocenters. The Labute approximate surface area is 117 Å². The van der Waals surface area contributed by atoms with Crippen molar-refractivity contribution in [2.75, 3.05) is 12.3 Å². The van der Waals surface area contributed by atoms with E-state index < -0.39 is 0 Å². The standard InChI is InChI=1S/C14H19FN2OS/c1-2-9(8-16)14(18)17-12-5-6-19-13-4-3-10(15)7-11(12)13/h3-4,7,9,12H,2,5-6,8,16H2,1H3,(H,17,18). The molecule has 3 N–H and O–H groups in total. The van der Waals surface area contributed by atoms with Gasteiger partial charge >= 0.3 is 0 Å². The molecule has 0 fully saturated rings. The van der Waals surface area contributed by atoms with Gasteiger partial charge in [0.25, 0.3) is 0 Å². The van der Waals surface area contributed by atoms with Crippen LogP contribution in [0.25, 0.3) is 0 Å². The van der Waals surface area contributed by atoms with Gasteiger partial charge in [-0.05, 0) is 36.6 Å². The van der Waals surface area contributed by atoms with Crippen LogP contribution in [0.4, 0.5) is 4.39 Å². The van der Waals surface area contributed by atoms with Crippen LogP contribution >= 0.6 is 11.8 Å². The zero-order valence-corrected chi connectivity index (χ0v) is 11.8. The molecule has 1 heterocycles. The van der Waals surface area contributed by atoms with Crippen molar-refractivity contribution in [3.05, 3.63) is 29.6 Å². The summed E-state index contributed by atoms with van der Waals surface area (Å²) in [6, 6.07) is 4.68. The molecule has 0 aliphatic carbocycles. The van der Waals surface area contributed by atoms with Crippen molar-refractivity contribution in [2.24, 2.45) is 11.7 Å². The highest BCUT2D eigenvalue weighted by Gasteiger charge is 2.25. The molecule has 1 aliphatic heterocycles. The molecule has 0 saturated carbocycles. The van der Waals surface area contributed by atoms with Gasteiger partial charge in [0.15, 0.2) is 0 Å². The molecule has 0 saturated heterocycles. The molecular formula is C14H19FN2OS. The van der Waals surface area contributed by atoms with Gasteiger partial charge in [0.2, 0.25) is 5.91 Å². The first-order valence-corrected chi connectivity index (χ1v) is 7.57. The number of amides is 1. The first-order chi connectivity index (χ1) is 9.15. The average Bonchev–Trinajstić information content (AvgIpc) is 2.41. The molecule has 2 rings (SSSR count). The van der Waals surface area contributed by atoms with Gasteiger partial charge in [-0.2, -0.15) is 0 Å². The summed E-state index contributed by atoms with van der Waals surface area (Å²) < 4.78 is 13.4. The fraction of sp³-hybridized carbons (Fsp3) is 0.500. The number of carbonyl (C=O) groups excluding carboxylic acids is 1. The predicted octanol–water partition coefficient (Wildman–Crippen LogP) is 2.46. The number of halogens is 1. The summed E-state index contributed by atoms with van der Waals surface area (Å²) in [7, 11) is 0. The zero-order chi connectivity index (χ0) is 13.8. The van der Waals surface area contributed by atoms with E-state index in [2.05, 4.69) is 5.32 Å². The van der Waals surface area contributed by atoms with Crippen molar-refractivity contribution < 1.29 is 9.18 Å². The van der Waals surface area contributed by atoms with Gasteiger partial charge in [-0.1, -0.05) is 6.92 Å². The summed E-state index contributed by atoms with van der Waals surface area (Å²) >= 11 is 1.71. The van der Waals surface area contributed by atoms with Crippen LogP contribution in [-0.2, 0) is 4.79 Å². The van der Waals surface area contributed by atoms with Crippen molar-refractivity contribution in [3.8, 4) is 0 Å². The Morgan fingerprint density at radius 2 is 2.42 bits per heavy atom. The van der Waals surface area contributed by atoms with Crippen molar-refractivity contribution in [1.82, 2.24) is 5.32 Å². The number of hydrogen-bond donors (Lipinski definition) is 2. The molecule has 0 aromatic heterocycles. The summed E-state index contributed by atoms with van der Waals surface area (Å²) in [6.45, 7) is 2.29. The van der Waals surface area contributed by atoms with Gasteiger partial charge in [0, 0.05) is 23.1 Å². The highest BCUT2D eigenvalue weighted by atomic mass is 32.2. The summed E-state index contributed by atoms with van der Waals surface area (Å²) in [5.74, 6) is 0.485. The number of nitrogens with one attached hydrogen (secondary N) is 1. The van der Waals surface area contributed by atoms with E-state index in [1.165, 1.54) is 12.1 Å². The van der Waals surface area contributed by atoms with Crippen molar-refractivity contribution in [3.63, 3.8) is 0 Å². The molecule has 5 heteroatoms. The SMILES string of the molecule is CCC(CN)C(=O)NC1CCSc2ccc(F)cc21. The molecule has 2 unspecified atom stereocenters. The lowest BCUT2D eigenvalue weighted by atomic mass is 10.0. The summed E-state index contributed by atoms with van der Waals surface area (Å²) in [5, 5.41) is 3.01. The Balaban J connectivity index is 2.15. The van der Waals surface area contributed by atoms with E-state index in [4.69, 9.17) is 5.73 Å². The highest BCUT2D eigenvalue weighted by molar-refractivity contribution is 7.99. The Morgan fingerprint density at radius 1 is 1.63 bits per heavy atom. The van der Waals surface area contributed by atoms with E-state index >= 15 is 0 Å². The second-order valence-corrected chi connectivity index (χ2v) is 5.86. The van der Waals surface area contributed by atoms with E-state index in [1.807, 2.05) is 6.92 Å². The smallest absolute Gasteiger partial charge is 0.224 e. The maximum absolute atomic E-state index is 13.4. The molecule has 1 aromatic rings. The number of hydrogen-bond acceptors (Lipinski definition) is 3. The molecule has 1 aliphatic rings. The molecule has 19 heavy (non-hydrogen) atoms. The van der Waals surface area contributed by atoms with Crippen LogP contribution in [0.3, 0.4) is 0 Å². The van der Waals surface area contributed by atoms with E-state index in [-0.39, 0.29) is 23.7 Å². The summed E-state index contributed by atoms with van der Waals surface area (Å²) in [5.41, 5.74) is 6.47. The molecule has 1 amide bonds. The van der Waals surface area contributed by atoms with E-state index in [0.29, 0.717) is 6.54 Å². The van der Waals surface area contributed by atoms with Gasteiger partial charge in [0.05, 0.1) is 6.04 Å². The van der Waals surface area contributed by atoms with E-state index in [0.717, 1.165) is 29.1 Å². The Hall–Kier alpha value is -1.07. The van der Waals surface area contributed by atoms with Crippen LogP contribution in [0.15, 0.2) is 23.1 Å². The van der Waals surface area contributed by atoms with Gasteiger partial charge in [-0.3, -0.25) is 4.79 Å². The molecule has 0 bridgehead atoms. The summed E-state index contributed by atoms with van der Waals surface area (Å²) in [6.07, 6.45) is 1.55. The first kappa shape index (κ1) is 14.3. The lowest BCUT2D eigenvalue weighted by Gasteiger charge is -2.27. The Kier molecular flexibility index (Phi) is 4.82. The van der Waals surface area contributed by atoms with E-state index in [9.17, 15) is 9.18 Å². The van der Waals surface area contributed by atoms with Crippen LogP contribution in [-0.4, -0.2) is 18.2 Å². The van der Waals surface area contributed by atoms with Crippen LogP contribution in [0.5, 0.6) is 0 Å². The normalized spacial score (nSPS) is 19.6. The third kappa shape index (κ3) is 3.28. The minimum absolute atomic E-state index is 0.0305. The molecule has 0 spiro atoms. The number of carbonyl (C=O) groups is 1. The van der Waals surface area contributed by atoms with E-state index in [1.54, 1.807) is 17.8 Å². The largest absolute Gasteiger partial charge is 0.349 e. The number of thioether (sulfide) groups is 1. The number of nitrogens with two attached hydrogens (primary N) is 1. The molecule has 104 valence electrons. The molecular weight excluding hydrogens is 263 g/mol. The van der Waals surface area contributed by atoms with Crippen LogP contribution in [0.2, 0.25) is 0 Å². The van der Waals surface area contributed by atoms with Crippen LogP contribution in [0.1, 0.15) is 31.4 Å². The van der Waals surface area contributed by atoms with Crippen molar-refractivity contribution in [1.29, 1.82) is 0 Å². The van der Waals surface area contributed by atoms with Crippen molar-refractivity contribution in [2.45, 2.75) is 30.7 Å². The highest BCUT2D eigenvalue weighted by Crippen LogP contribution is 2.36. The Morgan fingerprint density at radius 3 is 3.11 bits per heavy atom. The minimum Gasteiger partial charge on any atom is -0.349 e. The second-order valence-electron chi connectivity index (χ2n) is 4.72. The van der Waals surface area contributed by atoms with Gasteiger partial charge in [-0.15, -0.1) is 11.8 Å². The maximum atomic E-state index is 13.4. The third-order valence-electron chi connectivity index (χ3n) is 3.48. The lowest BCUT2D eigenvalue weighted by molar-refractivity contribution is -0.125. The zero-order valence-electron chi connectivity index (χ0n) is 11.0. The fourth-order valence-electron chi connectivity index (χ4n) is 2.26. The second kappa shape index (κ2) is 6.39. The quantitative estimate of drug-likeness (QED) is 0.892. The summed E-state index contributed by atoms with van der Waals surface area (Å²) in [4.78, 5) is 13.1. The maximum Gasteiger partial charge on any atom is 0.224 e. The minimum atomic E-state index is -0.258. The average molecular weight is 282 g/mol.